The van der Waals surface area contributed by atoms with E-state index in [4.69, 9.17) is 18.5 Å². The fourth-order valence-corrected chi connectivity index (χ4v) is 8.77. The van der Waals surface area contributed by atoms with E-state index in [0.717, 1.165) is 44.9 Å². The van der Waals surface area contributed by atoms with Crippen LogP contribution in [0, 0.1) is 11.8 Å². The lowest BCUT2D eigenvalue weighted by molar-refractivity contribution is -0.167. The maximum absolute atomic E-state index is 13.5. The van der Waals surface area contributed by atoms with Crippen LogP contribution in [0.15, 0.2) is 48.6 Å². The Morgan fingerprint density at radius 1 is 0.766 bits per heavy atom. The number of allylic oxidation sites excluding steroid dienone is 6. The van der Waals surface area contributed by atoms with Gasteiger partial charge in [-0.2, -0.15) is 0 Å². The molecule has 1 aliphatic heterocycles. The van der Waals surface area contributed by atoms with Gasteiger partial charge in [-0.25, -0.2) is 4.57 Å². The number of carbonyl (C=O) groups is 2. The van der Waals surface area contributed by atoms with Gasteiger partial charge in [0, 0.05) is 31.1 Å². The maximum atomic E-state index is 13.5. The summed E-state index contributed by atoms with van der Waals surface area (Å²) >= 11 is 0. The van der Waals surface area contributed by atoms with Gasteiger partial charge < -0.3 is 55.2 Å². The molecule has 1 heterocycles. The molecule has 16 nitrogen and oxygen atoms in total. The van der Waals surface area contributed by atoms with Crippen LogP contribution in [0.25, 0.3) is 0 Å². The fourth-order valence-electron chi connectivity index (χ4n) is 7.80. The monoisotopic (exact) mass is 933 g/mol. The van der Waals surface area contributed by atoms with E-state index in [1.54, 1.807) is 0 Å². The predicted molar refractivity (Wildman–Crippen MR) is 241 cm³/mol. The standard InChI is InChI=1S/C47H81O16P/c1-3-5-7-8-9-10-11-12-13-14-15-16-17-18-23-27-40(51)60-32-35-33-61-64(58,59)63-47-45(56)43(54)37(30-29-34(48)25-21-6-4-2)39(50)31-38(49)36(42(53)44(55)46(47)57)26-22-19-20-24-28-41(52)62-35/h9-10,12-13,15-16,29-30,34-39,42-50,53-57H,3-8,11,14,17-28,31-33H2,1-2H3,(H,58,59)/b10-9-,13-12-,16-15-,30-29?/t34-,35+,36-,37-,38-,39+,42+,43+,44-,45+,46+,47+/m0/s1. The van der Waals surface area contributed by atoms with E-state index in [1.807, 2.05) is 6.92 Å². The number of rotatable bonds is 21. The summed E-state index contributed by atoms with van der Waals surface area (Å²) < 4.78 is 34.7. The molecule has 1 unspecified atom stereocenters. The molecule has 1 saturated carbocycles. The Morgan fingerprint density at radius 3 is 2.05 bits per heavy atom. The third-order valence-electron chi connectivity index (χ3n) is 11.7. The first-order valence-corrected chi connectivity index (χ1v) is 25.2. The van der Waals surface area contributed by atoms with Gasteiger partial charge in [-0.15, -0.1) is 0 Å². The minimum Gasteiger partial charge on any atom is -0.462 e. The number of carbonyl (C=O) groups excluding carboxylic acids is 2. The zero-order valence-electron chi connectivity index (χ0n) is 38.1. The number of phosphoric ester groups is 1. The summed E-state index contributed by atoms with van der Waals surface area (Å²) in [5.41, 5.74) is 0. The number of fused-ring (bicyclic) bond motifs is 4. The van der Waals surface area contributed by atoms with Crippen molar-refractivity contribution in [3.05, 3.63) is 48.6 Å². The number of phosphoric acid groups is 1. The molecule has 17 heteroatoms. The molecule has 1 saturated heterocycles. The molecule has 9 N–H and O–H groups in total. The summed E-state index contributed by atoms with van der Waals surface area (Å²) in [5, 5.41) is 90.0. The highest BCUT2D eigenvalue weighted by molar-refractivity contribution is 7.47. The molecule has 13 atom stereocenters. The molecule has 0 aromatic rings. The van der Waals surface area contributed by atoms with Crippen LogP contribution in [-0.4, -0.2) is 132 Å². The highest BCUT2D eigenvalue weighted by Crippen LogP contribution is 2.47. The van der Waals surface area contributed by atoms with Crippen molar-refractivity contribution in [1.29, 1.82) is 0 Å². The van der Waals surface area contributed by atoms with Crippen molar-refractivity contribution >= 4 is 19.8 Å². The minimum absolute atomic E-state index is 0.0582. The first-order valence-electron chi connectivity index (χ1n) is 23.7. The van der Waals surface area contributed by atoms with Gasteiger partial charge >= 0.3 is 19.8 Å². The van der Waals surface area contributed by atoms with Gasteiger partial charge in [0.2, 0.25) is 0 Å². The van der Waals surface area contributed by atoms with E-state index in [2.05, 4.69) is 43.4 Å². The Balaban J connectivity index is 2.18. The molecule has 1 aliphatic carbocycles. The van der Waals surface area contributed by atoms with Crippen molar-refractivity contribution in [2.75, 3.05) is 13.2 Å². The van der Waals surface area contributed by atoms with Crippen LogP contribution < -0.4 is 0 Å². The van der Waals surface area contributed by atoms with Crippen molar-refractivity contribution in [2.45, 2.75) is 210 Å². The largest absolute Gasteiger partial charge is 0.472 e. The normalized spacial score (nSPS) is 32.8. The van der Waals surface area contributed by atoms with E-state index in [9.17, 15) is 59.9 Å². The van der Waals surface area contributed by atoms with E-state index in [1.165, 1.54) is 31.4 Å². The molecule has 0 radical (unpaired) electrons. The topological polar surface area (TPSA) is 270 Å². The Hall–Kier alpha value is -2.31. The number of hydrogen-bond donors (Lipinski definition) is 9. The molecule has 0 aromatic carbocycles. The summed E-state index contributed by atoms with van der Waals surface area (Å²) in [4.78, 5) is 36.4. The number of esters is 2. The van der Waals surface area contributed by atoms with Crippen LogP contribution in [0.1, 0.15) is 149 Å². The molecule has 0 amide bonds. The molecule has 370 valence electrons. The van der Waals surface area contributed by atoms with Crippen molar-refractivity contribution < 1.29 is 78.4 Å². The van der Waals surface area contributed by atoms with Crippen LogP contribution in [-0.2, 0) is 32.7 Å². The Bertz CT molecular complexity index is 1440. The zero-order valence-corrected chi connectivity index (χ0v) is 39.0. The van der Waals surface area contributed by atoms with Crippen molar-refractivity contribution in [3.63, 3.8) is 0 Å². The van der Waals surface area contributed by atoms with Crippen LogP contribution in [0.5, 0.6) is 0 Å². The number of ether oxygens (including phenoxy) is 2. The van der Waals surface area contributed by atoms with Gasteiger partial charge in [-0.05, 0) is 64.2 Å². The molecule has 2 bridgehead atoms. The lowest BCUT2D eigenvalue weighted by atomic mass is 9.82. The smallest absolute Gasteiger partial charge is 0.462 e. The second-order valence-corrected chi connectivity index (χ2v) is 18.6. The molecule has 0 aromatic heterocycles. The van der Waals surface area contributed by atoms with Gasteiger partial charge in [0.15, 0.2) is 6.10 Å². The highest BCUT2D eigenvalue weighted by atomic mass is 31.2. The van der Waals surface area contributed by atoms with Crippen LogP contribution in [0.3, 0.4) is 0 Å². The number of unbranched alkanes of at least 4 members (excludes halogenated alkanes) is 7. The average Bonchev–Trinajstić information content (AvgIpc) is 3.26. The minimum atomic E-state index is -5.43. The van der Waals surface area contributed by atoms with Crippen molar-refractivity contribution in [2.24, 2.45) is 11.8 Å². The van der Waals surface area contributed by atoms with Crippen LogP contribution in [0.4, 0.5) is 0 Å². The van der Waals surface area contributed by atoms with Gasteiger partial charge in [-0.1, -0.05) is 114 Å². The third kappa shape index (κ3) is 23.4. The summed E-state index contributed by atoms with van der Waals surface area (Å²) in [5.74, 6) is -3.92. The molecule has 0 spiro atoms. The van der Waals surface area contributed by atoms with Crippen LogP contribution in [0.2, 0.25) is 0 Å². The SMILES string of the molecule is CCCCC/C=C\C/C=C\C/C=C\CCCCC(=O)OC[C@@H]1COP(=O)(O)O[C@H]2[C@H](O)[C@@H](O)[C@H](O)[C@@H](CCCCCCC(=O)O1)[C@@H](O)C[C@@H](O)[C@H](C=C[C@@H](O)CCCCC)[C@@H](O)[C@H]2O. The lowest BCUT2D eigenvalue weighted by Gasteiger charge is -2.37. The Labute approximate surface area is 380 Å². The summed E-state index contributed by atoms with van der Waals surface area (Å²) in [6, 6.07) is 0. The molecule has 2 aliphatic rings. The fraction of sp³-hybridized carbons (Fsp3) is 0.787. The molecule has 2 fully saturated rings. The summed E-state index contributed by atoms with van der Waals surface area (Å²) in [6.07, 6.45) is 9.16. The van der Waals surface area contributed by atoms with E-state index >= 15 is 0 Å². The predicted octanol–water partition coefficient (Wildman–Crippen LogP) is 5.55. The van der Waals surface area contributed by atoms with Crippen molar-refractivity contribution in [3.8, 4) is 0 Å². The average molecular weight is 933 g/mol. The molecular formula is C47H81O16P. The maximum Gasteiger partial charge on any atom is 0.472 e. The number of cyclic esters (lactones) is 1. The van der Waals surface area contributed by atoms with Gasteiger partial charge in [0.05, 0.1) is 37.1 Å². The quantitative estimate of drug-likeness (QED) is 0.0296. The first kappa shape index (κ1) is 57.8. The van der Waals surface area contributed by atoms with Crippen LogP contribution >= 0.6 is 7.82 Å². The third-order valence-corrected chi connectivity index (χ3v) is 12.7. The Morgan fingerprint density at radius 2 is 1.38 bits per heavy atom. The first-order chi connectivity index (χ1) is 30.6. The second-order valence-electron chi connectivity index (χ2n) is 17.2. The molecule has 2 rings (SSSR count). The second kappa shape index (κ2) is 33.2. The number of hydrogen-bond acceptors (Lipinski definition) is 15. The van der Waals surface area contributed by atoms with E-state index in [-0.39, 0.29) is 19.3 Å². The van der Waals surface area contributed by atoms with Gasteiger partial charge in [0.1, 0.15) is 31.0 Å². The number of aliphatic hydroxyl groups is 8. The van der Waals surface area contributed by atoms with Crippen molar-refractivity contribution in [1.82, 2.24) is 0 Å². The summed E-state index contributed by atoms with van der Waals surface area (Å²) in [6.45, 7) is 2.79. The van der Waals surface area contributed by atoms with E-state index in [0.29, 0.717) is 44.9 Å². The molecule has 64 heavy (non-hydrogen) atoms. The molecular weight excluding hydrogens is 851 g/mol. The zero-order chi connectivity index (χ0) is 47.3. The Kier molecular flexibility index (Phi) is 30.0. The lowest BCUT2D eigenvalue weighted by Crippen LogP contribution is -2.55. The van der Waals surface area contributed by atoms with Gasteiger partial charge in [-0.3, -0.25) is 18.6 Å². The van der Waals surface area contributed by atoms with E-state index < -0.39 is 112 Å². The van der Waals surface area contributed by atoms with Gasteiger partial charge in [0.25, 0.3) is 0 Å². The number of aliphatic hydroxyl groups excluding tert-OH is 8. The summed E-state index contributed by atoms with van der Waals surface area (Å²) in [7, 11) is -5.43. The highest BCUT2D eigenvalue weighted by Gasteiger charge is 2.49.